The van der Waals surface area contributed by atoms with Crippen LogP contribution in [0.25, 0.3) is 6.08 Å². The van der Waals surface area contributed by atoms with Gasteiger partial charge in [-0.15, -0.1) is 0 Å². The Balaban J connectivity index is 2.07. The van der Waals surface area contributed by atoms with Gasteiger partial charge in [-0.1, -0.05) is 24.7 Å². The molecule has 1 aliphatic heterocycles. The number of ether oxygens (including phenoxy) is 3. The summed E-state index contributed by atoms with van der Waals surface area (Å²) in [5, 5.41) is 0. The molecule has 0 saturated carbocycles. The maximum atomic E-state index is 13.7. The van der Waals surface area contributed by atoms with Crippen molar-refractivity contribution >= 4 is 23.4 Å². The predicted molar refractivity (Wildman–Crippen MR) is 128 cm³/mol. The van der Waals surface area contributed by atoms with Crippen LogP contribution in [0.2, 0.25) is 0 Å². The van der Waals surface area contributed by atoms with Crippen molar-refractivity contribution in [2.45, 2.75) is 32.7 Å². The second-order valence-corrected chi connectivity index (χ2v) is 8.55. The maximum Gasteiger partial charge on any atom is 0.338 e. The smallest absolute Gasteiger partial charge is 0.338 e. The molecule has 4 rings (SSSR count). The second kappa shape index (κ2) is 10.1. The van der Waals surface area contributed by atoms with Gasteiger partial charge in [0.15, 0.2) is 4.80 Å². The number of carbonyl (C=O) groups is 1. The van der Waals surface area contributed by atoms with Crippen LogP contribution in [0.4, 0.5) is 0 Å². The Hall–Kier alpha value is -3.59. The summed E-state index contributed by atoms with van der Waals surface area (Å²) in [7, 11) is 3.11. The molecule has 34 heavy (non-hydrogen) atoms. The molecule has 0 N–H and O–H groups in total. The number of fused-ring (bicyclic) bond motifs is 1. The van der Waals surface area contributed by atoms with Gasteiger partial charge in [0.1, 0.15) is 23.3 Å². The van der Waals surface area contributed by atoms with E-state index in [9.17, 15) is 9.59 Å². The fourth-order valence-corrected chi connectivity index (χ4v) is 4.97. The van der Waals surface area contributed by atoms with Crippen molar-refractivity contribution in [2.75, 3.05) is 20.8 Å². The Labute approximate surface area is 200 Å². The first-order chi connectivity index (χ1) is 16.5. The summed E-state index contributed by atoms with van der Waals surface area (Å²) in [6, 6.07) is 8.04. The van der Waals surface area contributed by atoms with E-state index in [0.29, 0.717) is 49.8 Å². The summed E-state index contributed by atoms with van der Waals surface area (Å²) in [6.45, 7) is 3.96. The van der Waals surface area contributed by atoms with Crippen molar-refractivity contribution in [1.82, 2.24) is 4.57 Å². The zero-order chi connectivity index (χ0) is 24.2. The van der Waals surface area contributed by atoms with Gasteiger partial charge in [0.25, 0.3) is 5.56 Å². The Bertz CT molecular complexity index is 1400. The van der Waals surface area contributed by atoms with Gasteiger partial charge >= 0.3 is 5.97 Å². The molecule has 9 heteroatoms. The van der Waals surface area contributed by atoms with E-state index < -0.39 is 12.0 Å². The molecule has 0 amide bonds. The summed E-state index contributed by atoms with van der Waals surface area (Å²) in [5.41, 5.74) is 1.25. The molecule has 8 nitrogen and oxygen atoms in total. The van der Waals surface area contributed by atoms with Gasteiger partial charge in [-0.25, -0.2) is 9.79 Å². The van der Waals surface area contributed by atoms with Gasteiger partial charge in [-0.3, -0.25) is 9.36 Å². The SMILES string of the molecule is CCCC1=C(C(=O)OCC)[C@@H](c2cc(OC)ccc2OC)n2c(s/c(=C/c3ccco3)c2=O)=N1. The van der Waals surface area contributed by atoms with Crippen molar-refractivity contribution in [3.05, 3.63) is 78.9 Å². The number of methoxy groups -OCH3 is 2. The molecule has 1 aliphatic rings. The average molecular weight is 483 g/mol. The van der Waals surface area contributed by atoms with E-state index >= 15 is 0 Å². The number of hydrogen-bond acceptors (Lipinski definition) is 8. The van der Waals surface area contributed by atoms with Crippen LogP contribution in [0.1, 0.15) is 44.1 Å². The lowest BCUT2D eigenvalue weighted by atomic mass is 9.93. The number of aromatic nitrogens is 1. The second-order valence-electron chi connectivity index (χ2n) is 7.54. The van der Waals surface area contributed by atoms with E-state index in [-0.39, 0.29) is 12.2 Å². The largest absolute Gasteiger partial charge is 0.497 e. The maximum absolute atomic E-state index is 13.7. The molecular weight excluding hydrogens is 456 g/mol. The highest BCUT2D eigenvalue weighted by Crippen LogP contribution is 2.38. The molecule has 0 saturated heterocycles. The lowest BCUT2D eigenvalue weighted by molar-refractivity contribution is -0.139. The quantitative estimate of drug-likeness (QED) is 0.458. The highest BCUT2D eigenvalue weighted by molar-refractivity contribution is 7.07. The number of esters is 1. The zero-order valence-electron chi connectivity index (χ0n) is 19.5. The van der Waals surface area contributed by atoms with Crippen LogP contribution in [0.5, 0.6) is 11.5 Å². The molecule has 0 aliphatic carbocycles. The number of benzene rings is 1. The predicted octanol–water partition coefficient (Wildman–Crippen LogP) is 3.19. The van der Waals surface area contributed by atoms with E-state index in [1.165, 1.54) is 15.9 Å². The minimum absolute atomic E-state index is 0.201. The molecule has 0 radical (unpaired) electrons. The fourth-order valence-electron chi connectivity index (χ4n) is 3.97. The Kier molecular flexibility index (Phi) is 7.02. The van der Waals surface area contributed by atoms with Crippen LogP contribution in [0, 0.1) is 0 Å². The van der Waals surface area contributed by atoms with Crippen molar-refractivity contribution in [1.29, 1.82) is 0 Å². The molecule has 0 spiro atoms. The minimum Gasteiger partial charge on any atom is -0.497 e. The molecule has 178 valence electrons. The topological polar surface area (TPSA) is 92.3 Å². The van der Waals surface area contributed by atoms with E-state index in [4.69, 9.17) is 23.6 Å². The van der Waals surface area contributed by atoms with Gasteiger partial charge in [0.05, 0.1) is 42.9 Å². The minimum atomic E-state index is -0.791. The van der Waals surface area contributed by atoms with Crippen molar-refractivity contribution in [2.24, 2.45) is 4.99 Å². The lowest BCUT2D eigenvalue weighted by Gasteiger charge is -2.27. The molecule has 3 aromatic rings. The number of furan rings is 1. The van der Waals surface area contributed by atoms with Gasteiger partial charge in [0.2, 0.25) is 0 Å². The molecule has 0 bridgehead atoms. The van der Waals surface area contributed by atoms with Crippen LogP contribution in [-0.4, -0.2) is 31.4 Å². The number of rotatable bonds is 8. The molecule has 1 atom stereocenters. The fraction of sp³-hybridized carbons (Fsp3) is 0.320. The molecular formula is C25H26N2O6S. The Morgan fingerprint density at radius 2 is 2.06 bits per heavy atom. The summed E-state index contributed by atoms with van der Waals surface area (Å²) < 4.78 is 23.9. The average Bonchev–Trinajstić information content (AvgIpc) is 3.46. The summed E-state index contributed by atoms with van der Waals surface area (Å²) >= 11 is 1.25. The molecule has 3 heterocycles. The van der Waals surface area contributed by atoms with Crippen molar-refractivity contribution in [3.63, 3.8) is 0 Å². The summed E-state index contributed by atoms with van der Waals surface area (Å²) in [4.78, 5) is 32.2. The van der Waals surface area contributed by atoms with Gasteiger partial charge < -0.3 is 18.6 Å². The van der Waals surface area contributed by atoms with E-state index in [2.05, 4.69) is 0 Å². The Morgan fingerprint density at radius 3 is 2.71 bits per heavy atom. The normalized spacial score (nSPS) is 15.6. The first-order valence-electron chi connectivity index (χ1n) is 11.0. The van der Waals surface area contributed by atoms with Crippen LogP contribution < -0.4 is 24.4 Å². The first kappa shape index (κ1) is 23.6. The van der Waals surface area contributed by atoms with Gasteiger partial charge in [-0.05, 0) is 43.7 Å². The number of thiazole rings is 1. The monoisotopic (exact) mass is 482 g/mol. The van der Waals surface area contributed by atoms with Crippen LogP contribution in [0.3, 0.4) is 0 Å². The molecule has 0 unspecified atom stereocenters. The molecule has 1 aromatic carbocycles. The number of carbonyl (C=O) groups excluding carboxylic acids is 1. The van der Waals surface area contributed by atoms with Crippen molar-refractivity contribution in [3.8, 4) is 11.5 Å². The van der Waals surface area contributed by atoms with E-state index in [1.54, 1.807) is 63.8 Å². The van der Waals surface area contributed by atoms with Crippen LogP contribution in [-0.2, 0) is 9.53 Å². The molecule has 2 aromatic heterocycles. The number of nitrogens with zero attached hydrogens (tertiary/aromatic N) is 2. The first-order valence-corrected chi connectivity index (χ1v) is 11.8. The third-order valence-electron chi connectivity index (χ3n) is 5.44. The van der Waals surface area contributed by atoms with Crippen molar-refractivity contribution < 1.29 is 23.4 Å². The van der Waals surface area contributed by atoms with Gasteiger partial charge in [-0.2, -0.15) is 0 Å². The molecule has 0 fully saturated rings. The standard InChI is InChI=1S/C25H26N2O6S/c1-5-8-18-21(24(29)32-6-2)22(17-13-15(30-3)10-11-19(17)31-4)27-23(28)20(34-25(27)26-18)14-16-9-7-12-33-16/h7,9-14,22H,5-6,8H2,1-4H3/b20-14+/t22-/m1/s1. The number of allylic oxidation sites excluding steroid dienone is 1. The zero-order valence-corrected chi connectivity index (χ0v) is 20.3. The lowest BCUT2D eigenvalue weighted by Crippen LogP contribution is -2.40. The van der Waals surface area contributed by atoms with Crippen LogP contribution in [0.15, 0.2) is 62.1 Å². The highest BCUT2D eigenvalue weighted by atomic mass is 32.1. The Morgan fingerprint density at radius 1 is 1.24 bits per heavy atom. The van der Waals surface area contributed by atoms with Crippen LogP contribution >= 0.6 is 11.3 Å². The third-order valence-corrected chi connectivity index (χ3v) is 6.42. The van der Waals surface area contributed by atoms with Gasteiger partial charge in [0, 0.05) is 11.6 Å². The third kappa shape index (κ3) is 4.31. The highest BCUT2D eigenvalue weighted by Gasteiger charge is 2.36. The summed E-state index contributed by atoms with van der Waals surface area (Å²) in [5.74, 6) is 1.14. The summed E-state index contributed by atoms with van der Waals surface area (Å²) in [6.07, 6.45) is 4.55. The number of hydrogen-bond donors (Lipinski definition) is 0. The van der Waals surface area contributed by atoms with E-state index in [1.807, 2.05) is 6.92 Å². The van der Waals surface area contributed by atoms with E-state index in [0.717, 1.165) is 6.42 Å².